The number of halogens is 1. The summed E-state index contributed by atoms with van der Waals surface area (Å²) in [5, 5.41) is 2.99. The van der Waals surface area contributed by atoms with Crippen molar-refractivity contribution in [1.82, 2.24) is 5.32 Å². The molecule has 0 bridgehead atoms. The lowest BCUT2D eigenvalue weighted by Gasteiger charge is -2.07. The highest BCUT2D eigenvalue weighted by atomic mass is 35.5. The number of carbonyl (C=O) groups is 2. The topological polar surface area (TPSA) is 83.1 Å². The van der Waals surface area contributed by atoms with Gasteiger partial charge in [0.15, 0.2) is 18.1 Å². The third-order valence-electron chi connectivity index (χ3n) is 3.64. The SMILES string of the molecule is O=C(COC(=O)/C=C/c1cc(Cl)c2c(c1)OCO2)NCCOc1ccccc1. The van der Waals surface area contributed by atoms with Gasteiger partial charge in [-0.3, -0.25) is 4.79 Å². The third-order valence-corrected chi connectivity index (χ3v) is 3.92. The molecule has 0 aliphatic carbocycles. The van der Waals surface area contributed by atoms with Crippen molar-refractivity contribution in [3.8, 4) is 17.2 Å². The first-order valence-electron chi connectivity index (χ1n) is 8.50. The lowest BCUT2D eigenvalue weighted by molar-refractivity contribution is -0.143. The second-order valence-corrected chi connectivity index (χ2v) is 6.10. The molecule has 1 heterocycles. The maximum atomic E-state index is 11.8. The fourth-order valence-corrected chi connectivity index (χ4v) is 2.63. The molecule has 7 nitrogen and oxygen atoms in total. The van der Waals surface area contributed by atoms with Crippen LogP contribution in [0.25, 0.3) is 6.08 Å². The van der Waals surface area contributed by atoms with Gasteiger partial charge in [-0.2, -0.15) is 0 Å². The number of amides is 1. The van der Waals surface area contributed by atoms with Crippen molar-refractivity contribution in [2.45, 2.75) is 0 Å². The van der Waals surface area contributed by atoms with Crippen LogP contribution in [0.4, 0.5) is 0 Å². The summed E-state index contributed by atoms with van der Waals surface area (Å²) in [5.41, 5.74) is 0.647. The molecule has 0 saturated carbocycles. The molecule has 0 radical (unpaired) electrons. The number of hydrogen-bond donors (Lipinski definition) is 1. The Kier molecular flexibility index (Phi) is 6.75. The molecule has 1 aliphatic rings. The van der Waals surface area contributed by atoms with Crippen LogP contribution < -0.4 is 19.5 Å². The third kappa shape index (κ3) is 5.65. The number of nitrogens with one attached hydrogen (secondary N) is 1. The molecule has 1 N–H and O–H groups in total. The lowest BCUT2D eigenvalue weighted by Crippen LogP contribution is -2.31. The smallest absolute Gasteiger partial charge is 0.331 e. The first-order chi connectivity index (χ1) is 13.6. The number of rotatable bonds is 8. The van der Waals surface area contributed by atoms with Gasteiger partial charge in [-0.25, -0.2) is 4.79 Å². The van der Waals surface area contributed by atoms with Crippen molar-refractivity contribution in [3.63, 3.8) is 0 Å². The molecule has 28 heavy (non-hydrogen) atoms. The van der Waals surface area contributed by atoms with Gasteiger partial charge in [0, 0.05) is 6.08 Å². The predicted molar refractivity (Wildman–Crippen MR) is 103 cm³/mol. The molecule has 146 valence electrons. The molecule has 2 aromatic carbocycles. The molecule has 0 spiro atoms. The number of fused-ring (bicyclic) bond motifs is 1. The van der Waals surface area contributed by atoms with E-state index in [0.717, 1.165) is 5.75 Å². The zero-order chi connectivity index (χ0) is 19.8. The van der Waals surface area contributed by atoms with Gasteiger partial charge in [-0.05, 0) is 35.9 Å². The average Bonchev–Trinajstić information content (AvgIpc) is 3.18. The van der Waals surface area contributed by atoms with Crippen molar-refractivity contribution in [2.75, 3.05) is 26.6 Å². The Morgan fingerprint density at radius 3 is 2.82 bits per heavy atom. The summed E-state index contributed by atoms with van der Waals surface area (Å²) >= 11 is 6.07. The van der Waals surface area contributed by atoms with E-state index in [2.05, 4.69) is 5.32 Å². The maximum absolute atomic E-state index is 11.8. The van der Waals surface area contributed by atoms with Crippen molar-refractivity contribution in [1.29, 1.82) is 0 Å². The first kappa shape index (κ1) is 19.6. The summed E-state index contributed by atoms with van der Waals surface area (Å²) in [6, 6.07) is 12.6. The van der Waals surface area contributed by atoms with Gasteiger partial charge in [-0.1, -0.05) is 29.8 Å². The van der Waals surface area contributed by atoms with Gasteiger partial charge < -0.3 is 24.3 Å². The molecule has 0 saturated heterocycles. The predicted octanol–water partition coefficient (Wildman–Crippen LogP) is 2.82. The highest BCUT2D eigenvalue weighted by Crippen LogP contribution is 2.40. The van der Waals surface area contributed by atoms with Gasteiger partial charge in [0.1, 0.15) is 12.4 Å². The van der Waals surface area contributed by atoms with Crippen LogP contribution in [0, 0.1) is 0 Å². The van der Waals surface area contributed by atoms with Crippen LogP contribution >= 0.6 is 11.6 Å². The van der Waals surface area contributed by atoms with E-state index in [1.54, 1.807) is 12.1 Å². The highest BCUT2D eigenvalue weighted by molar-refractivity contribution is 6.32. The van der Waals surface area contributed by atoms with E-state index in [4.69, 9.17) is 30.5 Å². The Hall–Kier alpha value is -3.19. The van der Waals surface area contributed by atoms with Gasteiger partial charge in [-0.15, -0.1) is 0 Å². The van der Waals surface area contributed by atoms with E-state index in [0.29, 0.717) is 35.2 Å². The lowest BCUT2D eigenvalue weighted by atomic mass is 10.2. The second kappa shape index (κ2) is 9.66. The van der Waals surface area contributed by atoms with Crippen LogP contribution in [0.5, 0.6) is 17.2 Å². The van der Waals surface area contributed by atoms with Crippen LogP contribution in [0.3, 0.4) is 0 Å². The summed E-state index contributed by atoms with van der Waals surface area (Å²) in [6.07, 6.45) is 2.72. The number of ether oxygens (including phenoxy) is 4. The van der Waals surface area contributed by atoms with Gasteiger partial charge in [0.25, 0.3) is 5.91 Å². The summed E-state index contributed by atoms with van der Waals surface area (Å²) in [4.78, 5) is 23.4. The molecular weight excluding hydrogens is 386 g/mol. The molecule has 0 unspecified atom stereocenters. The normalized spacial score (nSPS) is 12.0. The number of benzene rings is 2. The van der Waals surface area contributed by atoms with E-state index in [1.807, 2.05) is 30.3 Å². The van der Waals surface area contributed by atoms with Crippen LogP contribution in [0.2, 0.25) is 5.02 Å². The van der Waals surface area contributed by atoms with Gasteiger partial charge in [0.05, 0.1) is 11.6 Å². The summed E-state index contributed by atoms with van der Waals surface area (Å²) in [5.74, 6) is 0.651. The van der Waals surface area contributed by atoms with E-state index in [-0.39, 0.29) is 13.4 Å². The van der Waals surface area contributed by atoms with Crippen molar-refractivity contribution in [2.24, 2.45) is 0 Å². The minimum Gasteiger partial charge on any atom is -0.492 e. The van der Waals surface area contributed by atoms with Crippen LogP contribution in [0.1, 0.15) is 5.56 Å². The van der Waals surface area contributed by atoms with E-state index >= 15 is 0 Å². The van der Waals surface area contributed by atoms with Crippen LogP contribution in [-0.2, 0) is 14.3 Å². The van der Waals surface area contributed by atoms with Gasteiger partial charge in [0.2, 0.25) is 6.79 Å². The van der Waals surface area contributed by atoms with E-state index in [1.165, 1.54) is 12.2 Å². The zero-order valence-electron chi connectivity index (χ0n) is 14.9. The Bertz CT molecular complexity index is 868. The monoisotopic (exact) mass is 403 g/mol. The number of hydrogen-bond acceptors (Lipinski definition) is 6. The minimum absolute atomic E-state index is 0.107. The molecule has 3 rings (SSSR count). The maximum Gasteiger partial charge on any atom is 0.331 e. The van der Waals surface area contributed by atoms with E-state index in [9.17, 15) is 9.59 Å². The molecular formula is C20H18ClNO6. The Balaban J connectivity index is 1.36. The molecule has 1 amide bonds. The largest absolute Gasteiger partial charge is 0.492 e. The van der Waals surface area contributed by atoms with Crippen molar-refractivity contribution in [3.05, 3.63) is 59.1 Å². The highest BCUT2D eigenvalue weighted by Gasteiger charge is 2.17. The Labute approximate surface area is 166 Å². The standard InChI is InChI=1S/C20H18ClNO6/c21-16-10-14(11-17-20(16)28-13-27-17)6-7-19(24)26-12-18(23)22-8-9-25-15-4-2-1-3-5-15/h1-7,10-11H,8-9,12-13H2,(H,22,23)/b7-6+. The number of esters is 1. The fourth-order valence-electron chi connectivity index (χ4n) is 2.36. The zero-order valence-corrected chi connectivity index (χ0v) is 15.6. The molecule has 0 fully saturated rings. The molecule has 2 aromatic rings. The van der Waals surface area contributed by atoms with Gasteiger partial charge >= 0.3 is 5.97 Å². The Morgan fingerprint density at radius 1 is 1.18 bits per heavy atom. The Morgan fingerprint density at radius 2 is 2.00 bits per heavy atom. The second-order valence-electron chi connectivity index (χ2n) is 5.69. The summed E-state index contributed by atoms with van der Waals surface area (Å²) in [6.45, 7) is 0.345. The molecule has 0 atom stereocenters. The van der Waals surface area contributed by atoms with E-state index < -0.39 is 11.9 Å². The summed E-state index contributed by atoms with van der Waals surface area (Å²) in [7, 11) is 0. The number of carbonyl (C=O) groups excluding carboxylic acids is 2. The quantitative estimate of drug-likeness (QED) is 0.414. The average molecular weight is 404 g/mol. The molecule has 8 heteroatoms. The number of para-hydroxylation sites is 1. The van der Waals surface area contributed by atoms with Crippen LogP contribution in [-0.4, -0.2) is 38.4 Å². The van der Waals surface area contributed by atoms with Crippen LogP contribution in [0.15, 0.2) is 48.5 Å². The summed E-state index contributed by atoms with van der Waals surface area (Å²) < 4.78 is 20.8. The minimum atomic E-state index is -0.649. The first-order valence-corrected chi connectivity index (χ1v) is 8.88. The van der Waals surface area contributed by atoms with Crippen molar-refractivity contribution < 1.29 is 28.5 Å². The van der Waals surface area contributed by atoms with Crippen molar-refractivity contribution >= 4 is 29.6 Å². The molecule has 1 aliphatic heterocycles. The molecule has 0 aromatic heterocycles. The fraction of sp³-hybridized carbons (Fsp3) is 0.200.